The van der Waals surface area contributed by atoms with Crippen molar-refractivity contribution in [2.75, 3.05) is 24.5 Å². The Kier molecular flexibility index (Phi) is 4.66. The van der Waals surface area contributed by atoms with Crippen LogP contribution in [0.2, 0.25) is 0 Å². The number of furan rings is 1. The molecule has 0 bridgehead atoms. The molecule has 0 radical (unpaired) electrons. The Morgan fingerprint density at radius 1 is 1.19 bits per heavy atom. The molecule has 0 unspecified atom stereocenters. The first-order chi connectivity index (χ1) is 12.6. The lowest BCUT2D eigenvalue weighted by Gasteiger charge is -2.38. The van der Waals surface area contributed by atoms with Crippen molar-refractivity contribution in [3.63, 3.8) is 0 Å². The average molecular weight is 354 g/mol. The zero-order valence-corrected chi connectivity index (χ0v) is 15.5. The maximum atomic E-state index is 12.9. The molecule has 1 aliphatic heterocycles. The molecule has 0 atom stereocenters. The predicted molar refractivity (Wildman–Crippen MR) is 99.2 cm³/mol. The molecule has 2 aliphatic rings. The quantitative estimate of drug-likeness (QED) is 0.825. The Bertz CT molecular complexity index is 742. The standard InChI is InChI=1S/C20H26N4O2/c1-14-12-15(2)22-20(21-14)23-9-7-17(8-10-23)24(13-16-5-6-16)19(25)18-4-3-11-26-18/h3-4,11-12,16-17H,5-10,13H2,1-2H3. The van der Waals surface area contributed by atoms with Crippen LogP contribution in [0.3, 0.4) is 0 Å². The molecule has 0 N–H and O–H groups in total. The molecule has 1 saturated heterocycles. The van der Waals surface area contributed by atoms with E-state index < -0.39 is 0 Å². The topological polar surface area (TPSA) is 62.5 Å². The Hall–Kier alpha value is -2.37. The first kappa shape index (κ1) is 17.1. The van der Waals surface area contributed by atoms with Gasteiger partial charge in [-0.3, -0.25) is 4.79 Å². The highest BCUT2D eigenvalue weighted by molar-refractivity contribution is 5.91. The number of hydrogen-bond acceptors (Lipinski definition) is 5. The van der Waals surface area contributed by atoms with Crippen LogP contribution in [0, 0.1) is 19.8 Å². The molecule has 2 aromatic heterocycles. The largest absolute Gasteiger partial charge is 0.459 e. The van der Waals surface area contributed by atoms with Crippen LogP contribution in [0.4, 0.5) is 5.95 Å². The van der Waals surface area contributed by atoms with Crippen molar-refractivity contribution in [3.05, 3.63) is 41.6 Å². The lowest BCUT2D eigenvalue weighted by Crippen LogP contribution is -2.48. The number of piperidine rings is 1. The van der Waals surface area contributed by atoms with E-state index in [0.717, 1.165) is 49.8 Å². The molecule has 2 fully saturated rings. The van der Waals surface area contributed by atoms with Gasteiger partial charge in [0.25, 0.3) is 5.91 Å². The van der Waals surface area contributed by atoms with E-state index in [1.165, 1.54) is 12.8 Å². The van der Waals surface area contributed by atoms with E-state index in [0.29, 0.717) is 11.7 Å². The monoisotopic (exact) mass is 354 g/mol. The number of aryl methyl sites for hydroxylation is 2. The van der Waals surface area contributed by atoms with Gasteiger partial charge in [-0.05, 0) is 63.6 Å². The lowest BCUT2D eigenvalue weighted by molar-refractivity contribution is 0.0605. The highest BCUT2D eigenvalue weighted by atomic mass is 16.3. The van der Waals surface area contributed by atoms with Gasteiger partial charge in [0.05, 0.1) is 6.26 Å². The first-order valence-electron chi connectivity index (χ1n) is 9.52. The Balaban J connectivity index is 1.45. The summed E-state index contributed by atoms with van der Waals surface area (Å²) in [5.74, 6) is 1.95. The molecule has 2 aromatic rings. The van der Waals surface area contributed by atoms with Gasteiger partial charge in [0.2, 0.25) is 5.95 Å². The van der Waals surface area contributed by atoms with Crippen LogP contribution in [0.5, 0.6) is 0 Å². The average Bonchev–Trinajstić information content (AvgIpc) is 3.28. The minimum absolute atomic E-state index is 0.0306. The number of amides is 1. The third kappa shape index (κ3) is 3.74. The summed E-state index contributed by atoms with van der Waals surface area (Å²) in [6.45, 7) is 6.61. The fraction of sp³-hybridized carbons (Fsp3) is 0.550. The van der Waals surface area contributed by atoms with Crippen LogP contribution in [0.1, 0.15) is 47.6 Å². The molecule has 26 heavy (non-hydrogen) atoms. The van der Waals surface area contributed by atoms with Gasteiger partial charge in [-0.1, -0.05) is 0 Å². The summed E-state index contributed by atoms with van der Waals surface area (Å²) in [6.07, 6.45) is 5.92. The van der Waals surface area contributed by atoms with Crippen molar-refractivity contribution in [1.82, 2.24) is 14.9 Å². The Morgan fingerprint density at radius 3 is 2.46 bits per heavy atom. The van der Waals surface area contributed by atoms with Crippen LogP contribution in [0.15, 0.2) is 28.9 Å². The summed E-state index contributed by atoms with van der Waals surface area (Å²) in [4.78, 5) is 26.4. The number of nitrogens with zero attached hydrogens (tertiary/aromatic N) is 4. The molecule has 138 valence electrons. The van der Waals surface area contributed by atoms with Crippen molar-refractivity contribution in [1.29, 1.82) is 0 Å². The van der Waals surface area contributed by atoms with Crippen LogP contribution < -0.4 is 4.90 Å². The predicted octanol–water partition coefficient (Wildman–Crippen LogP) is 3.21. The summed E-state index contributed by atoms with van der Waals surface area (Å²) in [5, 5.41) is 0. The van der Waals surface area contributed by atoms with Gasteiger partial charge in [-0.15, -0.1) is 0 Å². The number of hydrogen-bond donors (Lipinski definition) is 0. The molecule has 6 heteroatoms. The second kappa shape index (κ2) is 7.09. The van der Waals surface area contributed by atoms with E-state index in [2.05, 4.69) is 19.8 Å². The van der Waals surface area contributed by atoms with Gasteiger partial charge in [0.15, 0.2) is 5.76 Å². The summed E-state index contributed by atoms with van der Waals surface area (Å²) in [7, 11) is 0. The zero-order chi connectivity index (χ0) is 18.1. The Morgan fingerprint density at radius 2 is 1.88 bits per heavy atom. The fourth-order valence-electron chi connectivity index (χ4n) is 3.74. The number of carbonyl (C=O) groups is 1. The summed E-state index contributed by atoms with van der Waals surface area (Å²) >= 11 is 0. The molecule has 0 aromatic carbocycles. The highest BCUT2D eigenvalue weighted by Crippen LogP contribution is 2.32. The molecular weight excluding hydrogens is 328 g/mol. The minimum atomic E-state index is 0.0306. The molecular formula is C20H26N4O2. The van der Waals surface area contributed by atoms with Crippen LogP contribution in [-0.4, -0.2) is 46.5 Å². The van der Waals surface area contributed by atoms with E-state index >= 15 is 0 Å². The van der Waals surface area contributed by atoms with E-state index in [4.69, 9.17) is 4.42 Å². The second-order valence-corrected chi connectivity index (χ2v) is 7.55. The summed E-state index contributed by atoms with van der Waals surface area (Å²) in [5.41, 5.74) is 2.00. The molecule has 4 rings (SSSR count). The summed E-state index contributed by atoms with van der Waals surface area (Å²) < 4.78 is 5.36. The smallest absolute Gasteiger partial charge is 0.289 e. The highest BCUT2D eigenvalue weighted by Gasteiger charge is 2.34. The number of carbonyl (C=O) groups excluding carboxylic acids is 1. The minimum Gasteiger partial charge on any atom is -0.459 e. The number of aromatic nitrogens is 2. The molecule has 1 aliphatic carbocycles. The second-order valence-electron chi connectivity index (χ2n) is 7.55. The summed E-state index contributed by atoms with van der Waals surface area (Å²) in [6, 6.07) is 5.80. The van der Waals surface area contributed by atoms with E-state index in [-0.39, 0.29) is 11.9 Å². The Labute approximate surface area is 154 Å². The number of rotatable bonds is 5. The zero-order valence-electron chi connectivity index (χ0n) is 15.5. The maximum absolute atomic E-state index is 12.9. The van der Waals surface area contributed by atoms with Gasteiger partial charge < -0.3 is 14.2 Å². The van der Waals surface area contributed by atoms with Crippen molar-refractivity contribution < 1.29 is 9.21 Å². The van der Waals surface area contributed by atoms with Gasteiger partial charge >= 0.3 is 0 Å². The SMILES string of the molecule is Cc1cc(C)nc(N2CCC(N(CC3CC3)C(=O)c3ccco3)CC2)n1. The maximum Gasteiger partial charge on any atom is 0.289 e. The van der Waals surface area contributed by atoms with Crippen LogP contribution >= 0.6 is 0 Å². The van der Waals surface area contributed by atoms with Crippen LogP contribution in [-0.2, 0) is 0 Å². The van der Waals surface area contributed by atoms with Gasteiger partial charge in [0.1, 0.15) is 0 Å². The van der Waals surface area contributed by atoms with Crippen LogP contribution in [0.25, 0.3) is 0 Å². The lowest BCUT2D eigenvalue weighted by atomic mass is 10.0. The first-order valence-corrected chi connectivity index (χ1v) is 9.52. The fourth-order valence-corrected chi connectivity index (χ4v) is 3.74. The van der Waals surface area contributed by atoms with Gasteiger partial charge in [-0.2, -0.15) is 0 Å². The third-order valence-electron chi connectivity index (χ3n) is 5.30. The van der Waals surface area contributed by atoms with Gasteiger partial charge in [0, 0.05) is 37.1 Å². The van der Waals surface area contributed by atoms with Gasteiger partial charge in [-0.25, -0.2) is 9.97 Å². The normalized spacial score (nSPS) is 18.2. The van der Waals surface area contributed by atoms with Crippen molar-refractivity contribution in [2.45, 2.75) is 45.6 Å². The molecule has 0 spiro atoms. The third-order valence-corrected chi connectivity index (χ3v) is 5.30. The van der Waals surface area contributed by atoms with Crippen molar-refractivity contribution in [2.24, 2.45) is 5.92 Å². The van der Waals surface area contributed by atoms with E-state index in [1.54, 1.807) is 18.4 Å². The van der Waals surface area contributed by atoms with E-state index in [1.807, 2.05) is 19.9 Å². The van der Waals surface area contributed by atoms with Crippen molar-refractivity contribution >= 4 is 11.9 Å². The molecule has 1 amide bonds. The molecule has 1 saturated carbocycles. The molecule has 6 nitrogen and oxygen atoms in total. The number of anilines is 1. The molecule has 3 heterocycles. The van der Waals surface area contributed by atoms with Crippen molar-refractivity contribution in [3.8, 4) is 0 Å². The van der Waals surface area contributed by atoms with E-state index in [9.17, 15) is 4.79 Å².